The monoisotopic (exact) mass is 234 g/mol. The predicted molar refractivity (Wildman–Crippen MR) is 74.1 cm³/mol. The second kappa shape index (κ2) is 8.24. The van der Waals surface area contributed by atoms with E-state index in [2.05, 4.69) is 37.1 Å². The highest BCUT2D eigenvalue weighted by Gasteiger charge is 2.13. The van der Waals surface area contributed by atoms with Gasteiger partial charge in [-0.15, -0.1) is 0 Å². The van der Waals surface area contributed by atoms with E-state index in [1.165, 1.54) is 24.8 Å². The van der Waals surface area contributed by atoms with E-state index in [4.69, 9.17) is 0 Å². The zero-order valence-corrected chi connectivity index (χ0v) is 11.4. The number of nitrogens with one attached hydrogen (secondary N) is 1. The molecule has 0 bridgehead atoms. The Balaban J connectivity index is 2.53. The smallest absolute Gasteiger partial charge is 0.0300 e. The molecule has 17 heavy (non-hydrogen) atoms. The van der Waals surface area contributed by atoms with Gasteiger partial charge < -0.3 is 5.32 Å². The van der Waals surface area contributed by atoms with Gasteiger partial charge in [-0.05, 0) is 36.9 Å². The topological polar surface area (TPSA) is 24.9 Å². The highest BCUT2D eigenvalue weighted by atomic mass is 14.9. The highest BCUT2D eigenvalue weighted by Crippen LogP contribution is 2.17. The van der Waals surface area contributed by atoms with Gasteiger partial charge in [-0.2, -0.15) is 0 Å². The molecule has 0 aliphatic heterocycles. The standard InChI is InChI=1S/C15H26N2/c1-4-13(5-2)10-15(17-6-3)11-14-8-7-9-16-12-14/h7-9,12-13,15,17H,4-6,10-11H2,1-3H3. The first-order valence-electron chi connectivity index (χ1n) is 6.92. The maximum absolute atomic E-state index is 4.19. The van der Waals surface area contributed by atoms with E-state index in [9.17, 15) is 0 Å². The molecule has 0 spiro atoms. The maximum atomic E-state index is 4.19. The van der Waals surface area contributed by atoms with Gasteiger partial charge in [-0.25, -0.2) is 0 Å². The molecular formula is C15H26N2. The summed E-state index contributed by atoms with van der Waals surface area (Å²) in [5.41, 5.74) is 1.34. The highest BCUT2D eigenvalue weighted by molar-refractivity contribution is 5.10. The van der Waals surface area contributed by atoms with E-state index < -0.39 is 0 Å². The Kier molecular flexibility index (Phi) is 6.87. The van der Waals surface area contributed by atoms with Crippen LogP contribution in [0.3, 0.4) is 0 Å². The first-order chi connectivity index (χ1) is 8.30. The molecule has 0 aromatic carbocycles. The van der Waals surface area contributed by atoms with Crippen molar-refractivity contribution in [1.82, 2.24) is 10.3 Å². The van der Waals surface area contributed by atoms with Crippen molar-refractivity contribution in [3.63, 3.8) is 0 Å². The van der Waals surface area contributed by atoms with Crippen LogP contribution in [0.15, 0.2) is 24.5 Å². The Bertz CT molecular complexity index is 280. The maximum Gasteiger partial charge on any atom is 0.0300 e. The van der Waals surface area contributed by atoms with E-state index in [-0.39, 0.29) is 0 Å². The summed E-state index contributed by atoms with van der Waals surface area (Å²) in [6.07, 6.45) is 8.76. The third-order valence-electron chi connectivity index (χ3n) is 3.47. The van der Waals surface area contributed by atoms with E-state index in [1.807, 2.05) is 18.5 Å². The van der Waals surface area contributed by atoms with Gasteiger partial charge in [0, 0.05) is 18.4 Å². The number of nitrogens with zero attached hydrogens (tertiary/aromatic N) is 1. The van der Waals surface area contributed by atoms with Crippen LogP contribution >= 0.6 is 0 Å². The zero-order chi connectivity index (χ0) is 12.5. The summed E-state index contributed by atoms with van der Waals surface area (Å²) in [6, 6.07) is 4.79. The summed E-state index contributed by atoms with van der Waals surface area (Å²) >= 11 is 0. The molecule has 1 rings (SSSR count). The minimum Gasteiger partial charge on any atom is -0.314 e. The van der Waals surface area contributed by atoms with Gasteiger partial charge in [-0.3, -0.25) is 4.98 Å². The third kappa shape index (κ3) is 5.31. The van der Waals surface area contributed by atoms with Crippen LogP contribution in [-0.4, -0.2) is 17.6 Å². The van der Waals surface area contributed by atoms with Crippen molar-refractivity contribution in [2.45, 2.75) is 52.5 Å². The molecule has 0 saturated carbocycles. The van der Waals surface area contributed by atoms with Crippen molar-refractivity contribution in [3.05, 3.63) is 30.1 Å². The molecular weight excluding hydrogens is 208 g/mol. The molecule has 1 aromatic heterocycles. The molecule has 2 heteroatoms. The third-order valence-corrected chi connectivity index (χ3v) is 3.47. The van der Waals surface area contributed by atoms with Gasteiger partial charge in [0.15, 0.2) is 0 Å². The van der Waals surface area contributed by atoms with Crippen molar-refractivity contribution in [2.24, 2.45) is 5.92 Å². The quantitative estimate of drug-likeness (QED) is 0.745. The van der Waals surface area contributed by atoms with Crippen LogP contribution in [0.5, 0.6) is 0 Å². The fourth-order valence-electron chi connectivity index (χ4n) is 2.36. The predicted octanol–water partition coefficient (Wildman–Crippen LogP) is 3.43. The van der Waals surface area contributed by atoms with Crippen LogP contribution < -0.4 is 5.32 Å². The number of rotatable bonds is 8. The molecule has 0 radical (unpaired) electrons. The minimum atomic E-state index is 0.592. The number of hydrogen-bond acceptors (Lipinski definition) is 2. The normalized spacial score (nSPS) is 12.9. The molecule has 1 N–H and O–H groups in total. The lowest BCUT2D eigenvalue weighted by Gasteiger charge is -2.22. The molecule has 2 nitrogen and oxygen atoms in total. The second-order valence-corrected chi connectivity index (χ2v) is 4.74. The molecule has 1 aromatic rings. The van der Waals surface area contributed by atoms with E-state index in [0.29, 0.717) is 6.04 Å². The molecule has 0 amide bonds. The second-order valence-electron chi connectivity index (χ2n) is 4.74. The number of pyridine rings is 1. The Morgan fingerprint density at radius 2 is 2.00 bits per heavy atom. The van der Waals surface area contributed by atoms with Crippen molar-refractivity contribution < 1.29 is 0 Å². The first kappa shape index (κ1) is 14.2. The van der Waals surface area contributed by atoms with E-state index in [0.717, 1.165) is 18.9 Å². The Labute approximate surface area is 106 Å². The molecule has 0 saturated heterocycles. The van der Waals surface area contributed by atoms with Crippen LogP contribution in [0.25, 0.3) is 0 Å². The zero-order valence-electron chi connectivity index (χ0n) is 11.4. The van der Waals surface area contributed by atoms with Gasteiger partial charge in [0.25, 0.3) is 0 Å². The molecule has 0 aliphatic carbocycles. The molecule has 96 valence electrons. The van der Waals surface area contributed by atoms with E-state index >= 15 is 0 Å². The van der Waals surface area contributed by atoms with Crippen LogP contribution in [0, 0.1) is 5.92 Å². The SMILES string of the molecule is CCNC(Cc1cccnc1)CC(CC)CC. The summed E-state index contributed by atoms with van der Waals surface area (Å²) in [5.74, 6) is 0.843. The fourth-order valence-corrected chi connectivity index (χ4v) is 2.36. The summed E-state index contributed by atoms with van der Waals surface area (Å²) in [4.78, 5) is 4.19. The average molecular weight is 234 g/mol. The van der Waals surface area contributed by atoms with Crippen LogP contribution in [0.2, 0.25) is 0 Å². The van der Waals surface area contributed by atoms with Gasteiger partial charge in [0.05, 0.1) is 0 Å². The Morgan fingerprint density at radius 1 is 1.24 bits per heavy atom. The molecule has 1 heterocycles. The minimum absolute atomic E-state index is 0.592. The molecule has 0 aliphatic rings. The lowest BCUT2D eigenvalue weighted by molar-refractivity contribution is 0.367. The van der Waals surface area contributed by atoms with Crippen LogP contribution in [-0.2, 0) is 6.42 Å². The lowest BCUT2D eigenvalue weighted by Crippen LogP contribution is -2.33. The lowest BCUT2D eigenvalue weighted by atomic mass is 9.92. The molecule has 1 unspecified atom stereocenters. The van der Waals surface area contributed by atoms with Gasteiger partial charge in [0.2, 0.25) is 0 Å². The average Bonchev–Trinajstić information content (AvgIpc) is 2.37. The number of aromatic nitrogens is 1. The van der Waals surface area contributed by atoms with Crippen LogP contribution in [0.1, 0.15) is 45.6 Å². The van der Waals surface area contributed by atoms with Crippen molar-refractivity contribution in [3.8, 4) is 0 Å². The van der Waals surface area contributed by atoms with Crippen molar-refractivity contribution >= 4 is 0 Å². The van der Waals surface area contributed by atoms with E-state index in [1.54, 1.807) is 0 Å². The summed E-state index contributed by atoms with van der Waals surface area (Å²) in [5, 5.41) is 3.60. The van der Waals surface area contributed by atoms with Crippen LogP contribution in [0.4, 0.5) is 0 Å². The number of likely N-dealkylation sites (N-methyl/N-ethyl adjacent to an activating group) is 1. The van der Waals surface area contributed by atoms with Gasteiger partial charge in [0.1, 0.15) is 0 Å². The van der Waals surface area contributed by atoms with Crippen molar-refractivity contribution in [1.29, 1.82) is 0 Å². The summed E-state index contributed by atoms with van der Waals surface area (Å²) < 4.78 is 0. The number of hydrogen-bond donors (Lipinski definition) is 1. The molecule has 1 atom stereocenters. The molecule has 0 fully saturated rings. The Morgan fingerprint density at radius 3 is 2.53 bits per heavy atom. The van der Waals surface area contributed by atoms with Crippen molar-refractivity contribution in [2.75, 3.05) is 6.54 Å². The fraction of sp³-hybridized carbons (Fsp3) is 0.667. The summed E-state index contributed by atoms with van der Waals surface area (Å²) in [7, 11) is 0. The van der Waals surface area contributed by atoms with Gasteiger partial charge >= 0.3 is 0 Å². The first-order valence-corrected chi connectivity index (χ1v) is 6.92. The largest absolute Gasteiger partial charge is 0.314 e. The summed E-state index contributed by atoms with van der Waals surface area (Å²) in [6.45, 7) is 7.82. The Hall–Kier alpha value is -0.890. The van der Waals surface area contributed by atoms with Gasteiger partial charge in [-0.1, -0.05) is 39.7 Å².